The largest absolute Gasteiger partial charge is 0.460 e. The Kier molecular flexibility index (Phi) is 17.4. The third-order valence-corrected chi connectivity index (χ3v) is 9.57. The highest BCUT2D eigenvalue weighted by Gasteiger charge is 2.36. The van der Waals surface area contributed by atoms with Gasteiger partial charge in [0.1, 0.15) is 0 Å². The van der Waals surface area contributed by atoms with E-state index in [0.29, 0.717) is 19.6 Å². The van der Waals surface area contributed by atoms with Crippen molar-refractivity contribution in [2.24, 2.45) is 0 Å². The summed E-state index contributed by atoms with van der Waals surface area (Å²) in [6.45, 7) is 5.29. The molecule has 1 aliphatic rings. The number of aliphatic hydroxyl groups is 1. The number of hydrogen-bond acceptors (Lipinski definition) is 4. The van der Waals surface area contributed by atoms with Crippen LogP contribution < -0.4 is 5.32 Å². The van der Waals surface area contributed by atoms with Gasteiger partial charge in [-0.1, -0.05) is 106 Å². The molecule has 3 rings (SSSR count). The second-order valence-corrected chi connectivity index (χ2v) is 12.8. The fourth-order valence-corrected chi connectivity index (χ4v) is 6.70. The molecular weight excluding hydrogens is 552 g/mol. The fraction of sp³-hybridized carbons (Fsp3) is 0.647. The molecule has 2 N–H and O–H groups in total. The first-order valence-corrected chi connectivity index (χ1v) is 16.9. The highest BCUT2D eigenvalue weighted by atomic mass is 35.5. The van der Waals surface area contributed by atoms with Crippen molar-refractivity contribution >= 4 is 30.3 Å². The van der Waals surface area contributed by atoms with Gasteiger partial charge in [-0.05, 0) is 60.9 Å². The molecule has 1 heterocycles. The number of alkyl halides is 2. The first-order valence-electron chi connectivity index (χ1n) is 16.0. The number of nitrogens with one attached hydrogen (secondary N) is 1. The molecular formula is C34H52BCl2NO3. The Morgan fingerprint density at radius 1 is 0.732 bits per heavy atom. The Hall–Kier alpha value is -1.08. The van der Waals surface area contributed by atoms with Crippen LogP contribution >= 0.6 is 23.2 Å². The van der Waals surface area contributed by atoms with Gasteiger partial charge in [0.15, 0.2) is 0 Å². The van der Waals surface area contributed by atoms with Crippen LogP contribution in [0.2, 0.25) is 5.82 Å². The van der Waals surface area contributed by atoms with E-state index in [1.807, 2.05) is 6.07 Å². The molecule has 0 saturated carbocycles. The minimum Gasteiger partial charge on any atom is -0.410 e. The summed E-state index contributed by atoms with van der Waals surface area (Å²) in [4.78, 5) is 0. The lowest BCUT2D eigenvalue weighted by Gasteiger charge is -2.32. The van der Waals surface area contributed by atoms with Gasteiger partial charge in [0.2, 0.25) is 0 Å². The van der Waals surface area contributed by atoms with Crippen LogP contribution in [-0.4, -0.2) is 55.9 Å². The van der Waals surface area contributed by atoms with Crippen LogP contribution in [0, 0.1) is 0 Å². The van der Waals surface area contributed by atoms with E-state index in [0.717, 1.165) is 45.2 Å². The summed E-state index contributed by atoms with van der Waals surface area (Å²) in [5.41, 5.74) is 2.54. The smallest absolute Gasteiger partial charge is 0.410 e. The van der Waals surface area contributed by atoms with Crippen LogP contribution in [0.5, 0.6) is 0 Å². The molecule has 1 aliphatic heterocycles. The van der Waals surface area contributed by atoms with Crippen LogP contribution in [0.15, 0.2) is 60.7 Å². The maximum absolute atomic E-state index is 9.97. The van der Waals surface area contributed by atoms with E-state index < -0.39 is 0 Å². The predicted octanol–water partition coefficient (Wildman–Crippen LogP) is 8.57. The van der Waals surface area contributed by atoms with Gasteiger partial charge in [-0.15, -0.1) is 23.2 Å². The minimum absolute atomic E-state index is 0.0427. The standard InChI is InChI=1S/C34H52BCl2NO3/c1-2-3-4-5-6-13-18-33(36)34(37)27-31(29-16-11-8-12-17-29)26-32(35-40-23-20-38-21-24-41-35)25-30(19-22-39)28-14-9-7-10-15-28/h7-12,14-17,30-34,38-39H,2-6,13,18-27H2,1H3. The molecule has 1 saturated heterocycles. The Labute approximate surface area is 260 Å². The fourth-order valence-electron chi connectivity index (χ4n) is 6.10. The molecule has 0 radical (unpaired) electrons. The maximum Gasteiger partial charge on any atom is 0.460 e. The van der Waals surface area contributed by atoms with Crippen LogP contribution in [0.25, 0.3) is 0 Å². The summed E-state index contributed by atoms with van der Waals surface area (Å²) in [5.74, 6) is 0.598. The normalized spacial score (nSPS) is 18.2. The Morgan fingerprint density at radius 3 is 1.90 bits per heavy atom. The lowest BCUT2D eigenvalue weighted by molar-refractivity contribution is 0.163. The van der Waals surface area contributed by atoms with Crippen molar-refractivity contribution in [1.82, 2.24) is 5.32 Å². The number of benzene rings is 2. The highest BCUT2D eigenvalue weighted by molar-refractivity contribution is 6.46. The molecule has 7 heteroatoms. The average molecular weight is 605 g/mol. The zero-order valence-corrected chi connectivity index (χ0v) is 26.6. The van der Waals surface area contributed by atoms with Gasteiger partial charge < -0.3 is 19.7 Å². The second-order valence-electron chi connectivity index (χ2n) is 11.6. The van der Waals surface area contributed by atoms with E-state index in [4.69, 9.17) is 32.5 Å². The summed E-state index contributed by atoms with van der Waals surface area (Å²) in [5, 5.41) is 13.2. The summed E-state index contributed by atoms with van der Waals surface area (Å²) < 4.78 is 12.7. The zero-order chi connectivity index (χ0) is 29.1. The Morgan fingerprint density at radius 2 is 1.29 bits per heavy atom. The molecule has 4 nitrogen and oxygen atoms in total. The second kappa shape index (κ2) is 20.8. The van der Waals surface area contributed by atoms with Gasteiger partial charge in [0.25, 0.3) is 0 Å². The van der Waals surface area contributed by atoms with E-state index in [-0.39, 0.29) is 42.1 Å². The van der Waals surface area contributed by atoms with E-state index in [1.165, 1.54) is 43.2 Å². The summed E-state index contributed by atoms with van der Waals surface area (Å²) in [6.07, 6.45) is 11.8. The third-order valence-electron chi connectivity index (χ3n) is 8.44. The minimum atomic E-state index is -0.295. The first-order chi connectivity index (χ1) is 20.1. The third kappa shape index (κ3) is 13.0. The SMILES string of the molecule is CCCCCCCCC(Cl)C(Cl)CC(CC(CC(CCO)c1ccccc1)B1OCCNCCO1)c1ccccc1. The Balaban J connectivity index is 1.76. The van der Waals surface area contributed by atoms with Crippen molar-refractivity contribution in [3.63, 3.8) is 0 Å². The Bertz CT molecular complexity index is 901. The number of rotatable bonds is 19. The van der Waals surface area contributed by atoms with Gasteiger partial charge in [-0.3, -0.25) is 0 Å². The summed E-state index contributed by atoms with van der Waals surface area (Å²) >= 11 is 14.0. The number of halogens is 2. The van der Waals surface area contributed by atoms with Crippen LogP contribution in [0.1, 0.15) is 101 Å². The summed E-state index contributed by atoms with van der Waals surface area (Å²) in [7, 11) is -0.295. The molecule has 2 aromatic carbocycles. The van der Waals surface area contributed by atoms with Crippen molar-refractivity contribution < 1.29 is 14.4 Å². The quantitative estimate of drug-likeness (QED) is 0.0959. The molecule has 5 unspecified atom stereocenters. The molecule has 0 amide bonds. The maximum atomic E-state index is 9.97. The summed E-state index contributed by atoms with van der Waals surface area (Å²) in [6, 6.07) is 21.3. The van der Waals surface area contributed by atoms with Gasteiger partial charge in [0, 0.05) is 38.3 Å². The van der Waals surface area contributed by atoms with Crippen LogP contribution in [-0.2, 0) is 9.31 Å². The van der Waals surface area contributed by atoms with Crippen LogP contribution in [0.3, 0.4) is 0 Å². The zero-order valence-electron chi connectivity index (χ0n) is 25.1. The van der Waals surface area contributed by atoms with Crippen LogP contribution in [0.4, 0.5) is 0 Å². The molecule has 5 atom stereocenters. The molecule has 228 valence electrons. The molecule has 41 heavy (non-hydrogen) atoms. The van der Waals surface area contributed by atoms with Gasteiger partial charge in [-0.2, -0.15) is 0 Å². The van der Waals surface area contributed by atoms with Gasteiger partial charge in [-0.25, -0.2) is 0 Å². The van der Waals surface area contributed by atoms with Crippen molar-refractivity contribution in [2.75, 3.05) is 32.9 Å². The van der Waals surface area contributed by atoms with Crippen molar-refractivity contribution in [3.05, 3.63) is 71.8 Å². The number of aliphatic hydroxyl groups excluding tert-OH is 1. The predicted molar refractivity (Wildman–Crippen MR) is 175 cm³/mol. The average Bonchev–Trinajstić information content (AvgIpc) is 2.98. The van der Waals surface area contributed by atoms with E-state index in [9.17, 15) is 5.11 Å². The topological polar surface area (TPSA) is 50.7 Å². The molecule has 0 spiro atoms. The lowest BCUT2D eigenvalue weighted by atomic mass is 9.61. The van der Waals surface area contributed by atoms with E-state index >= 15 is 0 Å². The molecule has 0 bridgehead atoms. The highest BCUT2D eigenvalue weighted by Crippen LogP contribution is 2.41. The van der Waals surface area contributed by atoms with Crippen molar-refractivity contribution in [1.29, 1.82) is 0 Å². The molecule has 1 fully saturated rings. The molecule has 0 aliphatic carbocycles. The van der Waals surface area contributed by atoms with Crippen molar-refractivity contribution in [2.45, 2.75) is 106 Å². The number of unbranched alkanes of at least 4 members (excludes halogenated alkanes) is 5. The van der Waals surface area contributed by atoms with Crippen molar-refractivity contribution in [3.8, 4) is 0 Å². The van der Waals surface area contributed by atoms with Gasteiger partial charge >= 0.3 is 7.12 Å². The molecule has 2 aromatic rings. The number of hydrogen-bond donors (Lipinski definition) is 2. The van der Waals surface area contributed by atoms with Gasteiger partial charge in [0.05, 0.1) is 5.38 Å². The van der Waals surface area contributed by atoms with E-state index in [2.05, 4.69) is 66.8 Å². The lowest BCUT2D eigenvalue weighted by Crippen LogP contribution is -2.39. The first kappa shape index (κ1) is 34.4. The van der Waals surface area contributed by atoms with E-state index in [1.54, 1.807) is 0 Å². The monoisotopic (exact) mass is 603 g/mol. The molecule has 0 aromatic heterocycles.